The molecule has 0 bridgehead atoms. The largest absolute Gasteiger partial charge is 0.490 e. The van der Waals surface area contributed by atoms with E-state index in [9.17, 15) is 9.59 Å². The molecule has 0 saturated heterocycles. The lowest BCUT2D eigenvalue weighted by Crippen LogP contribution is -2.33. The number of aromatic nitrogens is 2. The number of ether oxygens (including phenoxy) is 2. The monoisotopic (exact) mass is 447 g/mol. The fraction of sp³-hybridized carbons (Fsp3) is 0.250. The number of nitrogens with two attached hydrogens (primary N) is 2. The maximum Gasteiger partial charge on any atom is 0.260 e. The van der Waals surface area contributed by atoms with Crippen LogP contribution in [-0.2, 0) is 0 Å². The Kier molecular flexibility index (Phi) is 5.87. The van der Waals surface area contributed by atoms with Crippen molar-refractivity contribution in [2.75, 3.05) is 23.4 Å². The van der Waals surface area contributed by atoms with Gasteiger partial charge < -0.3 is 26.3 Å². The minimum atomic E-state index is -0.411. The van der Waals surface area contributed by atoms with Gasteiger partial charge in [0.1, 0.15) is 41.9 Å². The number of anilines is 3. The van der Waals surface area contributed by atoms with E-state index in [1.807, 2.05) is 20.8 Å². The molecule has 9 nitrogen and oxygen atoms in total. The Balaban J connectivity index is 1.40. The summed E-state index contributed by atoms with van der Waals surface area (Å²) in [5.74, 6) is 0.870. The van der Waals surface area contributed by atoms with Crippen molar-refractivity contribution in [1.82, 2.24) is 9.97 Å². The highest BCUT2D eigenvalue weighted by molar-refractivity contribution is 6.07. The van der Waals surface area contributed by atoms with E-state index in [1.54, 1.807) is 24.3 Å². The highest BCUT2D eigenvalue weighted by atomic mass is 16.5. The number of rotatable bonds is 5. The molecule has 1 aromatic heterocycles. The summed E-state index contributed by atoms with van der Waals surface area (Å²) < 4.78 is 12.0. The third kappa shape index (κ3) is 4.30. The van der Waals surface area contributed by atoms with Crippen molar-refractivity contribution in [3.8, 4) is 11.5 Å². The number of benzene rings is 2. The maximum atomic E-state index is 12.8. The number of hydrogen-bond donors (Lipinski definition) is 3. The van der Waals surface area contributed by atoms with Crippen molar-refractivity contribution >= 4 is 28.9 Å². The van der Waals surface area contributed by atoms with Crippen molar-refractivity contribution < 1.29 is 19.1 Å². The number of nitrogens with one attached hydrogen (secondary N) is 1. The van der Waals surface area contributed by atoms with Gasteiger partial charge in [-0.1, -0.05) is 0 Å². The summed E-state index contributed by atoms with van der Waals surface area (Å²) in [6, 6.07) is 6.85. The SMILES string of the molecule is Cc1c(C)c2c(c(C)c1N)C(=O)CC(COc1ccc(NC(=O)c3cncnc3N)cc1)O2. The van der Waals surface area contributed by atoms with Gasteiger partial charge in [0.15, 0.2) is 5.78 Å². The number of carbonyl (C=O) groups excluding carboxylic acids is 2. The summed E-state index contributed by atoms with van der Waals surface area (Å²) in [6.45, 7) is 5.88. The van der Waals surface area contributed by atoms with Gasteiger partial charge in [-0.05, 0) is 61.7 Å². The Morgan fingerprint density at radius 1 is 1.15 bits per heavy atom. The molecule has 0 radical (unpaired) electrons. The van der Waals surface area contributed by atoms with Crippen LogP contribution in [0.5, 0.6) is 11.5 Å². The number of nitrogen functional groups attached to an aromatic ring is 2. The first-order valence-electron chi connectivity index (χ1n) is 10.4. The van der Waals surface area contributed by atoms with E-state index in [4.69, 9.17) is 20.9 Å². The average molecular weight is 447 g/mol. The first kappa shape index (κ1) is 22.1. The number of carbonyl (C=O) groups is 2. The van der Waals surface area contributed by atoms with Gasteiger partial charge >= 0.3 is 0 Å². The lowest BCUT2D eigenvalue weighted by molar-refractivity contribution is 0.0739. The molecule has 2 aromatic carbocycles. The van der Waals surface area contributed by atoms with Gasteiger partial charge in [0.2, 0.25) is 0 Å². The van der Waals surface area contributed by atoms with Crippen LogP contribution < -0.4 is 26.3 Å². The summed E-state index contributed by atoms with van der Waals surface area (Å²) >= 11 is 0. The van der Waals surface area contributed by atoms with Crippen LogP contribution in [0.25, 0.3) is 0 Å². The van der Waals surface area contributed by atoms with Crippen LogP contribution in [0, 0.1) is 20.8 Å². The first-order chi connectivity index (χ1) is 15.8. The molecule has 33 heavy (non-hydrogen) atoms. The molecule has 1 atom stereocenters. The quantitative estimate of drug-likeness (QED) is 0.506. The molecular weight excluding hydrogens is 422 g/mol. The Morgan fingerprint density at radius 3 is 2.58 bits per heavy atom. The molecule has 170 valence electrons. The first-order valence-corrected chi connectivity index (χ1v) is 10.4. The molecule has 1 amide bonds. The second kappa shape index (κ2) is 8.78. The predicted molar refractivity (Wildman–Crippen MR) is 125 cm³/mol. The van der Waals surface area contributed by atoms with Gasteiger partial charge in [0.25, 0.3) is 5.91 Å². The smallest absolute Gasteiger partial charge is 0.260 e. The molecule has 4 rings (SSSR count). The summed E-state index contributed by atoms with van der Waals surface area (Å²) in [5.41, 5.74) is 16.4. The van der Waals surface area contributed by atoms with E-state index < -0.39 is 12.0 Å². The standard InChI is InChI=1S/C24H25N5O4/c1-12-13(2)22-20(14(3)21(12)25)19(30)8-17(33-22)10-32-16-6-4-15(5-7-16)29-24(31)18-9-27-11-28-23(18)26/h4-7,9,11,17H,8,10,25H2,1-3H3,(H,29,31)(H2,26,27,28). The Labute approximate surface area is 191 Å². The van der Waals surface area contributed by atoms with Crippen LogP contribution >= 0.6 is 0 Å². The average Bonchev–Trinajstić information content (AvgIpc) is 2.80. The van der Waals surface area contributed by atoms with E-state index in [2.05, 4.69) is 15.3 Å². The molecule has 0 spiro atoms. The fourth-order valence-corrected chi connectivity index (χ4v) is 3.78. The zero-order valence-corrected chi connectivity index (χ0v) is 18.6. The molecule has 5 N–H and O–H groups in total. The Morgan fingerprint density at radius 2 is 1.88 bits per heavy atom. The van der Waals surface area contributed by atoms with E-state index in [-0.39, 0.29) is 30.2 Å². The molecule has 2 heterocycles. The zero-order chi connectivity index (χ0) is 23.7. The van der Waals surface area contributed by atoms with Crippen molar-refractivity contribution in [2.45, 2.75) is 33.3 Å². The molecule has 1 aliphatic heterocycles. The minimum absolute atomic E-state index is 0.000579. The molecule has 1 aliphatic rings. The molecular formula is C24H25N5O4. The molecule has 0 aliphatic carbocycles. The number of nitrogens with zero attached hydrogens (tertiary/aromatic N) is 2. The number of ketones is 1. The lowest BCUT2D eigenvalue weighted by atomic mass is 9.90. The maximum absolute atomic E-state index is 12.8. The highest BCUT2D eigenvalue weighted by Crippen LogP contribution is 2.39. The van der Waals surface area contributed by atoms with E-state index in [0.717, 1.165) is 16.7 Å². The van der Waals surface area contributed by atoms with Crippen LogP contribution in [0.4, 0.5) is 17.2 Å². The fourth-order valence-electron chi connectivity index (χ4n) is 3.78. The Bertz CT molecular complexity index is 1240. The molecule has 9 heteroatoms. The summed E-state index contributed by atoms with van der Waals surface area (Å²) in [4.78, 5) is 32.7. The second-order valence-corrected chi connectivity index (χ2v) is 7.97. The molecule has 0 fully saturated rings. The third-order valence-electron chi connectivity index (χ3n) is 5.83. The summed E-state index contributed by atoms with van der Waals surface area (Å²) in [5, 5.41) is 2.74. The number of hydrogen-bond acceptors (Lipinski definition) is 8. The van der Waals surface area contributed by atoms with Crippen molar-refractivity contribution in [3.63, 3.8) is 0 Å². The Hall–Kier alpha value is -4.14. The molecule has 0 saturated carbocycles. The van der Waals surface area contributed by atoms with Crippen LogP contribution in [0.2, 0.25) is 0 Å². The van der Waals surface area contributed by atoms with Crippen LogP contribution in [-0.4, -0.2) is 34.4 Å². The third-order valence-corrected chi connectivity index (χ3v) is 5.83. The number of Topliss-reactive ketones (excluding diaryl/α,β-unsaturated/α-hetero) is 1. The zero-order valence-electron chi connectivity index (χ0n) is 18.6. The van der Waals surface area contributed by atoms with Gasteiger partial charge in [0.05, 0.1) is 12.0 Å². The van der Waals surface area contributed by atoms with E-state index >= 15 is 0 Å². The highest BCUT2D eigenvalue weighted by Gasteiger charge is 2.31. The van der Waals surface area contributed by atoms with Crippen LogP contribution in [0.1, 0.15) is 43.8 Å². The van der Waals surface area contributed by atoms with Crippen molar-refractivity contribution in [3.05, 3.63) is 64.6 Å². The minimum Gasteiger partial charge on any atom is -0.490 e. The summed E-state index contributed by atoms with van der Waals surface area (Å²) in [7, 11) is 0. The van der Waals surface area contributed by atoms with Gasteiger partial charge in [-0.2, -0.15) is 0 Å². The number of fused-ring (bicyclic) bond motifs is 1. The van der Waals surface area contributed by atoms with Gasteiger partial charge in [-0.25, -0.2) is 9.97 Å². The van der Waals surface area contributed by atoms with E-state index in [1.165, 1.54) is 12.5 Å². The van der Waals surface area contributed by atoms with Crippen LogP contribution in [0.3, 0.4) is 0 Å². The number of amides is 1. The van der Waals surface area contributed by atoms with E-state index in [0.29, 0.717) is 28.4 Å². The normalized spacial score (nSPS) is 14.9. The van der Waals surface area contributed by atoms with Crippen molar-refractivity contribution in [2.24, 2.45) is 0 Å². The van der Waals surface area contributed by atoms with Crippen molar-refractivity contribution in [1.29, 1.82) is 0 Å². The lowest BCUT2D eigenvalue weighted by Gasteiger charge is -2.29. The van der Waals surface area contributed by atoms with Gasteiger partial charge in [-0.15, -0.1) is 0 Å². The second-order valence-electron chi connectivity index (χ2n) is 7.97. The van der Waals surface area contributed by atoms with Crippen LogP contribution in [0.15, 0.2) is 36.8 Å². The topological polar surface area (TPSA) is 142 Å². The van der Waals surface area contributed by atoms with Gasteiger partial charge in [0, 0.05) is 17.6 Å². The predicted octanol–water partition coefficient (Wildman–Crippen LogP) is 3.23. The van der Waals surface area contributed by atoms with Gasteiger partial charge in [-0.3, -0.25) is 9.59 Å². The molecule has 3 aromatic rings. The summed E-state index contributed by atoms with van der Waals surface area (Å²) in [6.07, 6.45) is 2.44. The molecule has 1 unspecified atom stereocenters.